The number of aryl methyl sites for hydroxylation is 1. The second kappa shape index (κ2) is 8.23. The molecule has 4 rings (SSSR count). The fourth-order valence-corrected chi connectivity index (χ4v) is 3.65. The molecule has 0 saturated carbocycles. The van der Waals surface area contributed by atoms with Crippen molar-refractivity contribution in [1.29, 1.82) is 0 Å². The molecule has 4 heterocycles. The number of esters is 1. The summed E-state index contributed by atoms with van der Waals surface area (Å²) in [5, 5.41) is 8.86. The van der Waals surface area contributed by atoms with E-state index in [1.165, 1.54) is 10.9 Å². The van der Waals surface area contributed by atoms with Gasteiger partial charge < -0.3 is 13.9 Å². The summed E-state index contributed by atoms with van der Waals surface area (Å²) in [4.78, 5) is 24.6. The Hall–Kier alpha value is -3.88. The minimum Gasteiger partial charge on any atom is -0.463 e. The lowest BCUT2D eigenvalue weighted by molar-refractivity contribution is 0.0505. The number of pyridine rings is 1. The summed E-state index contributed by atoms with van der Waals surface area (Å²) in [5.74, 6) is 0.102. The van der Waals surface area contributed by atoms with Crippen molar-refractivity contribution in [3.8, 4) is 22.5 Å². The van der Waals surface area contributed by atoms with Gasteiger partial charge in [0, 0.05) is 22.9 Å². The van der Waals surface area contributed by atoms with Crippen LogP contribution in [0.25, 0.3) is 28.0 Å². The second-order valence-corrected chi connectivity index (χ2v) is 8.66. The van der Waals surface area contributed by atoms with E-state index in [0.717, 1.165) is 22.2 Å². The third kappa shape index (κ3) is 4.26. The first-order chi connectivity index (χ1) is 15.6. The normalized spacial score (nSPS) is 11.7. The van der Waals surface area contributed by atoms with Gasteiger partial charge in [0.15, 0.2) is 0 Å². The van der Waals surface area contributed by atoms with Crippen molar-refractivity contribution in [2.75, 3.05) is 6.61 Å². The maximum atomic E-state index is 12.6. The monoisotopic (exact) mass is 450 g/mol. The van der Waals surface area contributed by atoms with Crippen LogP contribution in [0.3, 0.4) is 0 Å². The zero-order chi connectivity index (χ0) is 23.9. The van der Waals surface area contributed by atoms with Crippen LogP contribution in [0.1, 0.15) is 49.4 Å². The smallest absolute Gasteiger partial charge is 0.435 e. The molecule has 0 atom stereocenters. The lowest BCUT2D eigenvalue weighted by Gasteiger charge is -2.19. The number of furan rings is 1. The van der Waals surface area contributed by atoms with Gasteiger partial charge in [0.2, 0.25) is 0 Å². The number of carbonyl (C=O) groups excluding carboxylic acids is 2. The number of ether oxygens (including phenoxy) is 2. The van der Waals surface area contributed by atoms with Crippen molar-refractivity contribution in [3.63, 3.8) is 0 Å². The van der Waals surface area contributed by atoms with Crippen LogP contribution in [-0.2, 0) is 9.47 Å². The van der Waals surface area contributed by atoms with E-state index in [0.29, 0.717) is 29.3 Å². The van der Waals surface area contributed by atoms with Gasteiger partial charge in [-0.2, -0.15) is 14.9 Å². The van der Waals surface area contributed by atoms with E-state index < -0.39 is 17.7 Å². The molecule has 0 aliphatic carbocycles. The Balaban J connectivity index is 1.75. The van der Waals surface area contributed by atoms with Gasteiger partial charge in [0.1, 0.15) is 17.6 Å². The summed E-state index contributed by atoms with van der Waals surface area (Å²) in [6, 6.07) is 5.41. The topological polar surface area (TPSA) is 101 Å². The number of fused-ring (bicyclic) bond motifs is 1. The summed E-state index contributed by atoms with van der Waals surface area (Å²) in [7, 11) is 0. The van der Waals surface area contributed by atoms with Gasteiger partial charge in [-0.3, -0.25) is 0 Å². The van der Waals surface area contributed by atoms with Crippen LogP contribution < -0.4 is 0 Å². The van der Waals surface area contributed by atoms with E-state index in [1.807, 2.05) is 52.9 Å². The van der Waals surface area contributed by atoms with Crippen LogP contribution >= 0.6 is 0 Å². The van der Waals surface area contributed by atoms with Crippen molar-refractivity contribution in [2.45, 2.75) is 47.1 Å². The molecule has 0 bridgehead atoms. The van der Waals surface area contributed by atoms with Crippen LogP contribution in [0, 0.1) is 13.8 Å². The van der Waals surface area contributed by atoms with Crippen molar-refractivity contribution in [1.82, 2.24) is 19.4 Å². The van der Waals surface area contributed by atoms with E-state index >= 15 is 0 Å². The molecule has 9 heteroatoms. The first kappa shape index (κ1) is 22.3. The van der Waals surface area contributed by atoms with Crippen LogP contribution in [0.5, 0.6) is 0 Å². The number of carbonyl (C=O) groups is 2. The third-order valence-electron chi connectivity index (χ3n) is 5.04. The Morgan fingerprint density at radius 3 is 2.64 bits per heavy atom. The van der Waals surface area contributed by atoms with Crippen LogP contribution in [0.2, 0.25) is 0 Å². The molecule has 0 saturated heterocycles. The molecule has 33 heavy (non-hydrogen) atoms. The highest BCUT2D eigenvalue weighted by Crippen LogP contribution is 2.33. The third-order valence-corrected chi connectivity index (χ3v) is 5.04. The Morgan fingerprint density at radius 1 is 1.18 bits per heavy atom. The number of aromatic nitrogens is 4. The average molecular weight is 450 g/mol. The predicted molar refractivity (Wildman–Crippen MR) is 121 cm³/mol. The summed E-state index contributed by atoms with van der Waals surface area (Å²) < 4.78 is 19.1. The van der Waals surface area contributed by atoms with Crippen molar-refractivity contribution in [3.05, 3.63) is 53.8 Å². The summed E-state index contributed by atoms with van der Waals surface area (Å²) >= 11 is 0. The molecule has 4 aromatic rings. The number of hydrogen-bond acceptors (Lipinski definition) is 7. The van der Waals surface area contributed by atoms with Gasteiger partial charge in [-0.05, 0) is 59.7 Å². The SMILES string of the molecule is CCOC(=O)c1coc(-c2ccn3ncc(-c4c(C)nn(C(=O)OC(C)(C)C)c4C)c3c2)c1. The fraction of sp³-hybridized carbons (Fsp3) is 0.333. The minimum atomic E-state index is -0.631. The molecule has 0 radical (unpaired) electrons. The highest BCUT2D eigenvalue weighted by Gasteiger charge is 2.25. The highest BCUT2D eigenvalue weighted by atomic mass is 16.6. The van der Waals surface area contributed by atoms with E-state index in [1.54, 1.807) is 23.7 Å². The summed E-state index contributed by atoms with van der Waals surface area (Å²) in [6.07, 6.45) is 4.40. The Morgan fingerprint density at radius 2 is 1.94 bits per heavy atom. The van der Waals surface area contributed by atoms with Gasteiger partial charge in [0.05, 0.1) is 35.3 Å². The molecule has 9 nitrogen and oxygen atoms in total. The van der Waals surface area contributed by atoms with Crippen LogP contribution in [0.4, 0.5) is 4.79 Å². The molecule has 0 fully saturated rings. The molecule has 0 amide bonds. The lowest BCUT2D eigenvalue weighted by Crippen LogP contribution is -2.28. The molecule has 0 aliphatic heterocycles. The molecular formula is C24H26N4O5. The molecule has 0 N–H and O–H groups in total. The van der Waals surface area contributed by atoms with E-state index in [4.69, 9.17) is 13.9 Å². The van der Waals surface area contributed by atoms with Gasteiger partial charge >= 0.3 is 12.1 Å². The van der Waals surface area contributed by atoms with Gasteiger partial charge in [-0.15, -0.1) is 0 Å². The minimum absolute atomic E-state index is 0.292. The molecule has 0 spiro atoms. The molecule has 0 unspecified atom stereocenters. The summed E-state index contributed by atoms with van der Waals surface area (Å²) in [6.45, 7) is 11.1. The standard InChI is InChI=1S/C24H26N4O5/c1-7-31-22(29)17-11-20(32-13-17)16-8-9-27-19(10-16)18(12-25-27)21-14(2)26-28(15(21)3)23(30)33-24(4,5)6/h8-13H,7H2,1-6H3. The quantitative estimate of drug-likeness (QED) is 0.402. The van der Waals surface area contributed by atoms with Crippen molar-refractivity contribution >= 4 is 17.6 Å². The maximum Gasteiger partial charge on any atom is 0.435 e. The van der Waals surface area contributed by atoms with Gasteiger partial charge in [-0.25, -0.2) is 14.1 Å². The number of rotatable bonds is 4. The van der Waals surface area contributed by atoms with E-state index in [-0.39, 0.29) is 0 Å². The fourth-order valence-electron chi connectivity index (χ4n) is 3.65. The van der Waals surface area contributed by atoms with Crippen LogP contribution in [-0.4, -0.2) is 43.7 Å². The zero-order valence-electron chi connectivity index (χ0n) is 19.5. The highest BCUT2D eigenvalue weighted by molar-refractivity contribution is 5.91. The second-order valence-electron chi connectivity index (χ2n) is 8.66. The molecule has 4 aromatic heterocycles. The largest absolute Gasteiger partial charge is 0.463 e. The van der Waals surface area contributed by atoms with Gasteiger partial charge in [0.25, 0.3) is 0 Å². The molecule has 172 valence electrons. The summed E-state index contributed by atoms with van der Waals surface area (Å²) in [5.41, 5.74) is 4.26. The Bertz CT molecular complexity index is 1350. The molecule has 0 aromatic carbocycles. The Labute approximate surface area is 190 Å². The van der Waals surface area contributed by atoms with Crippen molar-refractivity contribution < 1.29 is 23.5 Å². The molecular weight excluding hydrogens is 424 g/mol. The Kier molecular flexibility index (Phi) is 5.57. The maximum absolute atomic E-state index is 12.6. The average Bonchev–Trinajstić information content (AvgIpc) is 3.44. The first-order valence-electron chi connectivity index (χ1n) is 10.6. The zero-order valence-corrected chi connectivity index (χ0v) is 19.5. The van der Waals surface area contributed by atoms with E-state index in [2.05, 4.69) is 10.2 Å². The molecule has 0 aliphatic rings. The predicted octanol–water partition coefficient (Wildman–Crippen LogP) is 5.03. The lowest BCUT2D eigenvalue weighted by atomic mass is 10.0. The van der Waals surface area contributed by atoms with E-state index in [9.17, 15) is 9.59 Å². The number of nitrogens with zero attached hydrogens (tertiary/aromatic N) is 4. The number of hydrogen-bond donors (Lipinski definition) is 0. The van der Waals surface area contributed by atoms with Crippen molar-refractivity contribution in [2.24, 2.45) is 0 Å². The van der Waals surface area contributed by atoms with Gasteiger partial charge in [-0.1, -0.05) is 0 Å². The first-order valence-corrected chi connectivity index (χ1v) is 10.6. The van der Waals surface area contributed by atoms with Crippen LogP contribution in [0.15, 0.2) is 41.3 Å².